The van der Waals surface area contributed by atoms with Crippen LogP contribution in [0.3, 0.4) is 0 Å². The molecule has 1 aliphatic rings. The minimum Gasteiger partial charge on any atom is -0.497 e. The molecule has 0 saturated carbocycles. The number of carbonyl (C=O) groups excluding carboxylic acids is 1. The summed E-state index contributed by atoms with van der Waals surface area (Å²) >= 11 is 0. The largest absolute Gasteiger partial charge is 0.497 e. The normalized spacial score (nSPS) is 17.5. The van der Waals surface area contributed by atoms with E-state index in [2.05, 4.69) is 16.8 Å². The smallest absolute Gasteiger partial charge is 0.331 e. The van der Waals surface area contributed by atoms with Gasteiger partial charge in [0.15, 0.2) is 0 Å². The Hall–Kier alpha value is -2.01. The molecule has 22 heavy (non-hydrogen) atoms. The molecule has 2 rings (SSSR count). The van der Waals surface area contributed by atoms with E-state index in [1.807, 2.05) is 30.3 Å². The second kappa shape index (κ2) is 7.31. The second-order valence-electron chi connectivity index (χ2n) is 5.52. The van der Waals surface area contributed by atoms with E-state index < -0.39 is 5.54 Å². The van der Waals surface area contributed by atoms with Crippen molar-refractivity contribution in [3.63, 3.8) is 0 Å². The molecular formula is C17H24N2O3. The Morgan fingerprint density at radius 3 is 2.73 bits per heavy atom. The summed E-state index contributed by atoms with van der Waals surface area (Å²) in [6.07, 6.45) is 3.29. The van der Waals surface area contributed by atoms with Crippen LogP contribution in [0.4, 0.5) is 5.69 Å². The van der Waals surface area contributed by atoms with Crippen molar-refractivity contribution in [2.24, 2.45) is 0 Å². The minimum absolute atomic E-state index is 0.214. The van der Waals surface area contributed by atoms with Gasteiger partial charge in [0.2, 0.25) is 0 Å². The number of benzene rings is 1. The van der Waals surface area contributed by atoms with Gasteiger partial charge in [-0.05, 0) is 25.0 Å². The Bertz CT molecular complexity index is 522. The van der Waals surface area contributed by atoms with Gasteiger partial charge in [0, 0.05) is 31.4 Å². The number of anilines is 1. The van der Waals surface area contributed by atoms with Gasteiger partial charge in [-0.15, -0.1) is 6.58 Å². The van der Waals surface area contributed by atoms with Crippen molar-refractivity contribution in [2.75, 3.05) is 39.2 Å². The Morgan fingerprint density at radius 2 is 2.14 bits per heavy atom. The number of rotatable bonds is 6. The molecule has 1 heterocycles. The van der Waals surface area contributed by atoms with Crippen LogP contribution in [0.2, 0.25) is 0 Å². The Morgan fingerprint density at radius 1 is 1.41 bits per heavy atom. The maximum absolute atomic E-state index is 12.4. The van der Waals surface area contributed by atoms with E-state index >= 15 is 0 Å². The van der Waals surface area contributed by atoms with Crippen molar-refractivity contribution in [3.8, 4) is 5.75 Å². The standard InChI is InChI=1S/C17H24N2O3/c1-4-10-19-11-8-17(9-12-19,16(20)22-3)18-14-6-5-7-15(13-14)21-2/h4-7,13,18H,1,8-12H2,2-3H3. The second-order valence-corrected chi connectivity index (χ2v) is 5.52. The number of piperidine rings is 1. The van der Waals surface area contributed by atoms with Crippen molar-refractivity contribution in [1.82, 2.24) is 4.90 Å². The molecule has 5 nitrogen and oxygen atoms in total. The number of nitrogens with one attached hydrogen (secondary N) is 1. The van der Waals surface area contributed by atoms with Gasteiger partial charge in [-0.3, -0.25) is 4.90 Å². The molecule has 0 bridgehead atoms. The zero-order chi connectivity index (χ0) is 16.0. The van der Waals surface area contributed by atoms with Crippen molar-refractivity contribution in [1.29, 1.82) is 0 Å². The molecule has 1 fully saturated rings. The van der Waals surface area contributed by atoms with Gasteiger partial charge in [0.25, 0.3) is 0 Å². The fraction of sp³-hybridized carbons (Fsp3) is 0.471. The zero-order valence-electron chi connectivity index (χ0n) is 13.3. The molecular weight excluding hydrogens is 280 g/mol. The summed E-state index contributed by atoms with van der Waals surface area (Å²) < 4.78 is 10.3. The summed E-state index contributed by atoms with van der Waals surface area (Å²) in [5.41, 5.74) is 0.181. The molecule has 0 radical (unpaired) electrons. The summed E-state index contributed by atoms with van der Waals surface area (Å²) in [6.45, 7) is 6.27. The van der Waals surface area contributed by atoms with Crippen LogP contribution in [-0.4, -0.2) is 50.3 Å². The maximum Gasteiger partial charge on any atom is 0.331 e. The first-order valence-corrected chi connectivity index (χ1v) is 7.47. The van der Waals surface area contributed by atoms with Gasteiger partial charge in [-0.25, -0.2) is 4.79 Å². The van der Waals surface area contributed by atoms with Gasteiger partial charge < -0.3 is 14.8 Å². The molecule has 1 aromatic rings. The summed E-state index contributed by atoms with van der Waals surface area (Å²) in [4.78, 5) is 14.6. The van der Waals surface area contributed by atoms with Crippen LogP contribution in [0.1, 0.15) is 12.8 Å². The molecule has 120 valence electrons. The molecule has 0 aromatic heterocycles. The summed E-state index contributed by atoms with van der Waals surface area (Å²) in [7, 11) is 3.07. The lowest BCUT2D eigenvalue weighted by Gasteiger charge is -2.40. The number of nitrogens with zero attached hydrogens (tertiary/aromatic N) is 1. The number of carbonyl (C=O) groups is 1. The molecule has 1 aliphatic heterocycles. The lowest BCUT2D eigenvalue weighted by molar-refractivity contribution is -0.147. The first-order chi connectivity index (χ1) is 10.6. The van der Waals surface area contributed by atoms with E-state index in [1.54, 1.807) is 7.11 Å². The first-order valence-electron chi connectivity index (χ1n) is 7.47. The van der Waals surface area contributed by atoms with E-state index in [1.165, 1.54) is 7.11 Å². The van der Waals surface area contributed by atoms with Crippen LogP contribution in [0.25, 0.3) is 0 Å². The number of ether oxygens (including phenoxy) is 2. The summed E-state index contributed by atoms with van der Waals surface area (Å²) in [6, 6.07) is 7.60. The minimum atomic E-state index is -0.682. The Kier molecular flexibility index (Phi) is 5.44. The van der Waals surface area contributed by atoms with Gasteiger partial charge in [-0.1, -0.05) is 12.1 Å². The van der Waals surface area contributed by atoms with Gasteiger partial charge in [0.1, 0.15) is 11.3 Å². The lowest BCUT2D eigenvalue weighted by atomic mass is 9.87. The molecule has 1 saturated heterocycles. The predicted molar refractivity (Wildman–Crippen MR) is 87.2 cm³/mol. The Labute approximate surface area is 131 Å². The van der Waals surface area contributed by atoms with Crippen molar-refractivity contribution in [3.05, 3.63) is 36.9 Å². The van der Waals surface area contributed by atoms with E-state index in [0.717, 1.165) is 31.1 Å². The molecule has 5 heteroatoms. The SMILES string of the molecule is C=CCN1CCC(Nc2cccc(OC)c2)(C(=O)OC)CC1. The monoisotopic (exact) mass is 304 g/mol. The lowest BCUT2D eigenvalue weighted by Crippen LogP contribution is -2.54. The van der Waals surface area contributed by atoms with Crippen LogP contribution >= 0.6 is 0 Å². The highest BCUT2D eigenvalue weighted by Gasteiger charge is 2.42. The number of likely N-dealkylation sites (tertiary alicyclic amines) is 1. The third-order valence-electron chi connectivity index (χ3n) is 4.13. The molecule has 0 unspecified atom stereocenters. The first kappa shape index (κ1) is 16.4. The molecule has 0 amide bonds. The molecule has 1 N–H and O–H groups in total. The van der Waals surface area contributed by atoms with Crippen molar-refractivity contribution in [2.45, 2.75) is 18.4 Å². The van der Waals surface area contributed by atoms with Crippen molar-refractivity contribution < 1.29 is 14.3 Å². The fourth-order valence-corrected chi connectivity index (χ4v) is 2.85. The highest BCUT2D eigenvalue weighted by atomic mass is 16.5. The van der Waals surface area contributed by atoms with Crippen LogP contribution in [0.5, 0.6) is 5.75 Å². The van der Waals surface area contributed by atoms with E-state index in [-0.39, 0.29) is 5.97 Å². The summed E-state index contributed by atoms with van der Waals surface area (Å²) in [5.74, 6) is 0.544. The number of hydrogen-bond donors (Lipinski definition) is 1. The Balaban J connectivity index is 2.16. The molecule has 0 aliphatic carbocycles. The highest BCUT2D eigenvalue weighted by Crippen LogP contribution is 2.29. The fourth-order valence-electron chi connectivity index (χ4n) is 2.85. The topological polar surface area (TPSA) is 50.8 Å². The molecule has 0 spiro atoms. The van der Waals surface area contributed by atoms with Crippen LogP contribution in [-0.2, 0) is 9.53 Å². The van der Waals surface area contributed by atoms with E-state index in [0.29, 0.717) is 12.8 Å². The zero-order valence-corrected chi connectivity index (χ0v) is 13.3. The van der Waals surface area contributed by atoms with E-state index in [4.69, 9.17) is 9.47 Å². The quantitative estimate of drug-likeness (QED) is 0.645. The van der Waals surface area contributed by atoms with Crippen LogP contribution in [0, 0.1) is 0 Å². The number of hydrogen-bond acceptors (Lipinski definition) is 5. The third kappa shape index (κ3) is 3.60. The number of methoxy groups -OCH3 is 2. The molecule has 0 atom stereocenters. The maximum atomic E-state index is 12.4. The average Bonchev–Trinajstić information content (AvgIpc) is 2.56. The van der Waals surface area contributed by atoms with E-state index in [9.17, 15) is 4.79 Å². The highest BCUT2D eigenvalue weighted by molar-refractivity contribution is 5.84. The van der Waals surface area contributed by atoms with Crippen molar-refractivity contribution >= 4 is 11.7 Å². The number of esters is 1. The predicted octanol–water partition coefficient (Wildman–Crippen LogP) is 2.30. The molecule has 1 aromatic carbocycles. The van der Waals surface area contributed by atoms with Crippen LogP contribution in [0.15, 0.2) is 36.9 Å². The van der Waals surface area contributed by atoms with Gasteiger partial charge >= 0.3 is 5.97 Å². The summed E-state index contributed by atoms with van der Waals surface area (Å²) in [5, 5.41) is 3.38. The van der Waals surface area contributed by atoms with Gasteiger partial charge in [-0.2, -0.15) is 0 Å². The third-order valence-corrected chi connectivity index (χ3v) is 4.13. The van der Waals surface area contributed by atoms with Crippen LogP contribution < -0.4 is 10.1 Å². The average molecular weight is 304 g/mol. The van der Waals surface area contributed by atoms with Gasteiger partial charge in [0.05, 0.1) is 14.2 Å².